The Bertz CT molecular complexity index is 210. The van der Waals surface area contributed by atoms with Gasteiger partial charge in [0.25, 0.3) is 0 Å². The van der Waals surface area contributed by atoms with E-state index in [1.165, 1.54) is 38.5 Å². The molecule has 0 spiro atoms. The zero-order valence-corrected chi connectivity index (χ0v) is 11.8. The quantitative estimate of drug-likeness (QED) is 0.525. The van der Waals surface area contributed by atoms with Gasteiger partial charge in [0.05, 0.1) is 0 Å². The van der Waals surface area contributed by atoms with Gasteiger partial charge < -0.3 is 0 Å². The Morgan fingerprint density at radius 2 is 1.75 bits per heavy atom. The van der Waals surface area contributed by atoms with Crippen LogP contribution in [0, 0.1) is 23.7 Å². The van der Waals surface area contributed by atoms with Crippen molar-refractivity contribution in [1.29, 1.82) is 0 Å². The second kappa shape index (κ2) is 6.47. The molecule has 3 unspecified atom stereocenters. The van der Waals surface area contributed by atoms with Crippen LogP contribution in [0.25, 0.3) is 0 Å². The lowest BCUT2D eigenvalue weighted by Gasteiger charge is -2.21. The maximum Gasteiger partial charge on any atom is -0.0198 e. The van der Waals surface area contributed by atoms with Crippen LogP contribution in [-0.2, 0) is 0 Å². The fraction of sp³-hybridized carbons (Fsp3) is 0.875. The molecule has 0 bridgehead atoms. The molecular formula is C16H30. The van der Waals surface area contributed by atoms with E-state index in [0.717, 1.165) is 23.7 Å². The lowest BCUT2D eigenvalue weighted by molar-refractivity contribution is 0.349. The molecule has 0 N–H and O–H groups in total. The second-order valence-corrected chi connectivity index (χ2v) is 5.95. The van der Waals surface area contributed by atoms with Crippen molar-refractivity contribution in [3.8, 4) is 0 Å². The topological polar surface area (TPSA) is 0 Å². The Morgan fingerprint density at radius 1 is 1.19 bits per heavy atom. The molecular weight excluding hydrogens is 192 g/mol. The molecule has 0 saturated heterocycles. The van der Waals surface area contributed by atoms with Gasteiger partial charge in [0.15, 0.2) is 0 Å². The first-order valence-corrected chi connectivity index (χ1v) is 7.28. The molecule has 1 rings (SSSR count). The third-order valence-corrected chi connectivity index (χ3v) is 4.63. The monoisotopic (exact) mass is 222 g/mol. The molecule has 0 aromatic rings. The summed E-state index contributed by atoms with van der Waals surface area (Å²) < 4.78 is 0. The van der Waals surface area contributed by atoms with Gasteiger partial charge in [-0.05, 0) is 36.5 Å². The van der Waals surface area contributed by atoms with E-state index in [1.807, 2.05) is 0 Å². The van der Waals surface area contributed by atoms with Crippen molar-refractivity contribution in [1.82, 2.24) is 0 Å². The minimum atomic E-state index is 0.758. The van der Waals surface area contributed by atoms with Crippen LogP contribution in [0.5, 0.6) is 0 Å². The van der Waals surface area contributed by atoms with Crippen LogP contribution in [0.2, 0.25) is 0 Å². The molecule has 1 fully saturated rings. The van der Waals surface area contributed by atoms with Crippen LogP contribution in [0.3, 0.4) is 0 Å². The first-order chi connectivity index (χ1) is 7.60. The molecule has 0 aliphatic heterocycles. The average Bonchev–Trinajstić information content (AvgIpc) is 2.47. The number of hydrogen-bond acceptors (Lipinski definition) is 0. The third-order valence-electron chi connectivity index (χ3n) is 4.63. The highest BCUT2D eigenvalue weighted by Crippen LogP contribution is 2.43. The molecule has 0 nitrogen and oxygen atoms in total. The summed E-state index contributed by atoms with van der Waals surface area (Å²) in [6.07, 6.45) is 8.32. The van der Waals surface area contributed by atoms with Gasteiger partial charge in [-0.1, -0.05) is 65.5 Å². The van der Waals surface area contributed by atoms with Crippen molar-refractivity contribution >= 4 is 0 Å². The molecule has 0 radical (unpaired) electrons. The first-order valence-electron chi connectivity index (χ1n) is 7.28. The van der Waals surface area contributed by atoms with Crippen molar-refractivity contribution < 1.29 is 0 Å². The van der Waals surface area contributed by atoms with Crippen LogP contribution < -0.4 is 0 Å². The Morgan fingerprint density at radius 3 is 2.12 bits per heavy atom. The van der Waals surface area contributed by atoms with Gasteiger partial charge in [-0.15, -0.1) is 0 Å². The summed E-state index contributed by atoms with van der Waals surface area (Å²) in [5.41, 5.74) is 1.55. The minimum absolute atomic E-state index is 0.758. The Labute approximate surface area is 103 Å². The summed E-state index contributed by atoms with van der Waals surface area (Å²) in [6.45, 7) is 13.7. The summed E-state index contributed by atoms with van der Waals surface area (Å²) in [6, 6.07) is 0. The predicted octanol–water partition coefficient (Wildman–Crippen LogP) is 5.44. The molecule has 94 valence electrons. The summed E-state index contributed by atoms with van der Waals surface area (Å²) >= 11 is 0. The van der Waals surface area contributed by atoms with E-state index in [0.29, 0.717) is 0 Å². The van der Waals surface area contributed by atoms with Crippen LogP contribution in [0.1, 0.15) is 66.2 Å². The normalized spacial score (nSPS) is 30.3. The van der Waals surface area contributed by atoms with Gasteiger partial charge in [-0.2, -0.15) is 0 Å². The van der Waals surface area contributed by atoms with Crippen molar-refractivity contribution in [3.05, 3.63) is 12.2 Å². The first kappa shape index (κ1) is 13.8. The van der Waals surface area contributed by atoms with E-state index in [2.05, 4.69) is 34.3 Å². The lowest BCUT2D eigenvalue weighted by Crippen LogP contribution is -2.08. The largest absolute Gasteiger partial charge is 0.0993 e. The lowest BCUT2D eigenvalue weighted by atomic mass is 9.85. The summed E-state index contributed by atoms with van der Waals surface area (Å²) in [4.78, 5) is 0. The smallest absolute Gasteiger partial charge is 0.0198 e. The van der Waals surface area contributed by atoms with E-state index in [-0.39, 0.29) is 0 Å². The fourth-order valence-corrected chi connectivity index (χ4v) is 3.39. The molecule has 0 heterocycles. The number of allylic oxidation sites excluding steroid dienone is 1. The van der Waals surface area contributed by atoms with Crippen LogP contribution >= 0.6 is 0 Å². The van der Waals surface area contributed by atoms with Crippen molar-refractivity contribution in [2.75, 3.05) is 0 Å². The van der Waals surface area contributed by atoms with Gasteiger partial charge in [0.1, 0.15) is 0 Å². The maximum absolute atomic E-state index is 4.34. The molecule has 1 saturated carbocycles. The molecule has 0 aromatic carbocycles. The van der Waals surface area contributed by atoms with E-state index in [9.17, 15) is 0 Å². The van der Waals surface area contributed by atoms with Gasteiger partial charge in [0.2, 0.25) is 0 Å². The zero-order valence-electron chi connectivity index (χ0n) is 11.8. The van der Waals surface area contributed by atoms with Gasteiger partial charge in [-0.25, -0.2) is 0 Å². The SMILES string of the molecule is C=C1C(CC(CCC)CCC)CC(C)C1C. The number of hydrogen-bond donors (Lipinski definition) is 0. The third kappa shape index (κ3) is 3.37. The molecule has 0 aromatic heterocycles. The molecule has 16 heavy (non-hydrogen) atoms. The highest BCUT2D eigenvalue weighted by atomic mass is 14.4. The van der Waals surface area contributed by atoms with Crippen LogP contribution in [0.4, 0.5) is 0 Å². The highest BCUT2D eigenvalue weighted by molar-refractivity contribution is 5.12. The zero-order chi connectivity index (χ0) is 12.1. The summed E-state index contributed by atoms with van der Waals surface area (Å²) in [7, 11) is 0. The van der Waals surface area contributed by atoms with E-state index in [4.69, 9.17) is 0 Å². The van der Waals surface area contributed by atoms with Gasteiger partial charge in [-0.3, -0.25) is 0 Å². The van der Waals surface area contributed by atoms with Crippen molar-refractivity contribution in [2.24, 2.45) is 23.7 Å². The molecule has 1 aliphatic rings. The average molecular weight is 222 g/mol. The molecule has 1 aliphatic carbocycles. The summed E-state index contributed by atoms with van der Waals surface area (Å²) in [5.74, 6) is 3.40. The van der Waals surface area contributed by atoms with Gasteiger partial charge >= 0.3 is 0 Å². The fourth-order valence-electron chi connectivity index (χ4n) is 3.39. The standard InChI is InChI=1S/C16H30/c1-6-8-15(9-7-2)11-16-10-12(3)13(4)14(16)5/h12-13,15-16H,5-11H2,1-4H3. The second-order valence-electron chi connectivity index (χ2n) is 5.95. The highest BCUT2D eigenvalue weighted by Gasteiger charge is 2.32. The molecule has 0 heteroatoms. The molecule has 0 amide bonds. The van der Waals surface area contributed by atoms with E-state index in [1.54, 1.807) is 5.57 Å². The Balaban J connectivity index is 2.48. The Hall–Kier alpha value is -0.260. The molecule has 3 atom stereocenters. The van der Waals surface area contributed by atoms with Crippen molar-refractivity contribution in [3.63, 3.8) is 0 Å². The minimum Gasteiger partial charge on any atom is -0.0993 e. The van der Waals surface area contributed by atoms with Crippen molar-refractivity contribution in [2.45, 2.75) is 66.2 Å². The number of rotatable bonds is 6. The van der Waals surface area contributed by atoms with E-state index >= 15 is 0 Å². The van der Waals surface area contributed by atoms with Gasteiger partial charge in [0, 0.05) is 0 Å². The van der Waals surface area contributed by atoms with Crippen LogP contribution in [-0.4, -0.2) is 0 Å². The van der Waals surface area contributed by atoms with E-state index < -0.39 is 0 Å². The Kier molecular flexibility index (Phi) is 5.58. The summed E-state index contributed by atoms with van der Waals surface area (Å²) in [5, 5.41) is 0. The maximum atomic E-state index is 4.34. The van der Waals surface area contributed by atoms with Crippen LogP contribution in [0.15, 0.2) is 12.2 Å². The predicted molar refractivity (Wildman–Crippen MR) is 73.5 cm³/mol.